The van der Waals surface area contributed by atoms with E-state index in [2.05, 4.69) is 25.2 Å². The fraction of sp³-hybridized carbons (Fsp3) is 0.320. The molecule has 192 valence electrons. The predicted molar refractivity (Wildman–Crippen MR) is 133 cm³/mol. The molecular formula is C25H26N6O6. The Labute approximate surface area is 212 Å². The molecule has 0 spiro atoms. The number of aromatic nitrogens is 3. The van der Waals surface area contributed by atoms with Crippen LogP contribution in [0.25, 0.3) is 11.3 Å². The number of pyridine rings is 1. The summed E-state index contributed by atoms with van der Waals surface area (Å²) in [5.74, 6) is -1.57. The van der Waals surface area contributed by atoms with Gasteiger partial charge in [0.15, 0.2) is 11.4 Å². The van der Waals surface area contributed by atoms with Crippen molar-refractivity contribution in [1.29, 1.82) is 0 Å². The van der Waals surface area contributed by atoms with E-state index in [1.165, 1.54) is 12.3 Å². The molecule has 12 heteroatoms. The van der Waals surface area contributed by atoms with Gasteiger partial charge in [0, 0.05) is 36.8 Å². The number of anilines is 1. The number of aliphatic carboxylic acids is 1. The Morgan fingerprint density at radius 3 is 2.43 bits per heavy atom. The Balaban J connectivity index is 1.36. The van der Waals surface area contributed by atoms with Crippen molar-refractivity contribution in [3.8, 4) is 17.0 Å². The zero-order valence-electron chi connectivity index (χ0n) is 20.1. The first-order valence-electron chi connectivity index (χ1n) is 11.7. The molecule has 0 bridgehead atoms. The molecule has 2 aromatic heterocycles. The van der Waals surface area contributed by atoms with Crippen molar-refractivity contribution in [2.75, 3.05) is 24.5 Å². The molecule has 1 saturated heterocycles. The molecule has 0 atom stereocenters. The Morgan fingerprint density at radius 1 is 1.14 bits per heavy atom. The molecule has 1 fully saturated rings. The summed E-state index contributed by atoms with van der Waals surface area (Å²) < 4.78 is 0. The van der Waals surface area contributed by atoms with Gasteiger partial charge in [0.2, 0.25) is 0 Å². The summed E-state index contributed by atoms with van der Waals surface area (Å²) in [6.07, 6.45) is 3.56. The number of carbonyl (C=O) groups excluding carboxylic acids is 1. The molecule has 0 unspecified atom stereocenters. The van der Waals surface area contributed by atoms with E-state index in [0.717, 1.165) is 37.2 Å². The fourth-order valence-corrected chi connectivity index (χ4v) is 4.28. The van der Waals surface area contributed by atoms with Crippen molar-refractivity contribution in [3.63, 3.8) is 0 Å². The molecule has 0 aliphatic carbocycles. The first kappa shape index (κ1) is 25.5. The second kappa shape index (κ2) is 11.0. The highest BCUT2D eigenvalue weighted by molar-refractivity contribution is 5.96. The molecule has 1 aromatic carbocycles. The minimum Gasteiger partial charge on any atom is -0.504 e. The van der Waals surface area contributed by atoms with Crippen molar-refractivity contribution in [2.45, 2.75) is 26.2 Å². The van der Waals surface area contributed by atoms with Crippen LogP contribution in [0.1, 0.15) is 34.8 Å². The maximum atomic E-state index is 12.3. The van der Waals surface area contributed by atoms with Gasteiger partial charge >= 0.3 is 5.97 Å². The number of nitro groups is 1. The van der Waals surface area contributed by atoms with E-state index in [1.807, 2.05) is 24.3 Å². The van der Waals surface area contributed by atoms with Gasteiger partial charge in [0.1, 0.15) is 18.6 Å². The van der Waals surface area contributed by atoms with Crippen molar-refractivity contribution >= 4 is 23.3 Å². The highest BCUT2D eigenvalue weighted by Gasteiger charge is 2.23. The maximum absolute atomic E-state index is 12.3. The predicted octanol–water partition coefficient (Wildman–Crippen LogP) is 2.73. The van der Waals surface area contributed by atoms with Gasteiger partial charge in [0.25, 0.3) is 11.6 Å². The van der Waals surface area contributed by atoms with Crippen LogP contribution < -0.4 is 10.2 Å². The first-order chi connectivity index (χ1) is 17.7. The summed E-state index contributed by atoms with van der Waals surface area (Å²) in [6.45, 7) is 2.65. The lowest BCUT2D eigenvalue weighted by Crippen LogP contribution is -2.34. The SMILES string of the molecule is Cc1nc(CC2CCN(c3ccc(-c4ccc([N+](=O)[O-])cn4)cc3)CC2)nc(C(=O)NCC(=O)O)c1O. The molecule has 37 heavy (non-hydrogen) atoms. The molecule has 4 rings (SSSR count). The third-order valence-corrected chi connectivity index (χ3v) is 6.29. The molecule has 3 heterocycles. The number of carboxylic acids is 1. The van der Waals surface area contributed by atoms with Gasteiger partial charge in [-0.05, 0) is 43.9 Å². The number of carbonyl (C=O) groups is 2. The molecule has 0 saturated carbocycles. The Bertz CT molecular complexity index is 1300. The summed E-state index contributed by atoms with van der Waals surface area (Å²) in [6, 6.07) is 11.0. The van der Waals surface area contributed by atoms with Crippen LogP contribution >= 0.6 is 0 Å². The summed E-state index contributed by atoms with van der Waals surface area (Å²) >= 11 is 0. The number of hydrogen-bond acceptors (Lipinski definition) is 9. The number of amides is 1. The number of nitrogens with zero attached hydrogens (tertiary/aromatic N) is 5. The van der Waals surface area contributed by atoms with Gasteiger partial charge in [0.05, 0.1) is 16.3 Å². The zero-order chi connectivity index (χ0) is 26.5. The number of aryl methyl sites for hydroxylation is 1. The number of hydrogen-bond donors (Lipinski definition) is 3. The molecule has 3 aromatic rings. The van der Waals surface area contributed by atoms with Gasteiger partial charge in [-0.2, -0.15) is 0 Å². The monoisotopic (exact) mass is 506 g/mol. The number of aromatic hydroxyl groups is 1. The Hall–Kier alpha value is -4.61. The third kappa shape index (κ3) is 6.15. The molecule has 12 nitrogen and oxygen atoms in total. The molecular weight excluding hydrogens is 480 g/mol. The van der Waals surface area contributed by atoms with Crippen LogP contribution in [0.4, 0.5) is 11.4 Å². The topological polar surface area (TPSA) is 172 Å². The second-order valence-corrected chi connectivity index (χ2v) is 8.84. The first-order valence-corrected chi connectivity index (χ1v) is 11.7. The van der Waals surface area contributed by atoms with Gasteiger partial charge in [-0.25, -0.2) is 15.0 Å². The standard InChI is InChI=1S/C25H26N6O6/c1-15-24(34)23(25(35)27-14-22(32)33)29-21(28-15)12-16-8-10-30(11-9-16)18-4-2-17(3-5-18)20-7-6-19(13-26-20)31(36)37/h2-7,13,16,34H,8-12,14H2,1H3,(H,27,35)(H,32,33). The third-order valence-electron chi connectivity index (χ3n) is 6.29. The van der Waals surface area contributed by atoms with E-state index in [0.29, 0.717) is 23.9 Å². The lowest BCUT2D eigenvalue weighted by Gasteiger charge is -2.33. The van der Waals surface area contributed by atoms with Crippen molar-refractivity contribution < 1.29 is 24.7 Å². The van der Waals surface area contributed by atoms with Crippen LogP contribution in [-0.2, 0) is 11.2 Å². The van der Waals surface area contributed by atoms with E-state index >= 15 is 0 Å². The smallest absolute Gasteiger partial charge is 0.322 e. The van der Waals surface area contributed by atoms with Crippen molar-refractivity contribution in [2.24, 2.45) is 5.92 Å². The fourth-order valence-electron chi connectivity index (χ4n) is 4.28. The number of piperidine rings is 1. The lowest BCUT2D eigenvalue weighted by molar-refractivity contribution is -0.385. The molecule has 1 aliphatic heterocycles. The van der Waals surface area contributed by atoms with E-state index in [-0.39, 0.29) is 22.8 Å². The summed E-state index contributed by atoms with van der Waals surface area (Å²) in [7, 11) is 0. The minimum absolute atomic E-state index is 0.0474. The second-order valence-electron chi connectivity index (χ2n) is 8.84. The Morgan fingerprint density at radius 2 is 1.84 bits per heavy atom. The number of nitrogens with one attached hydrogen (secondary N) is 1. The molecule has 3 N–H and O–H groups in total. The van der Waals surface area contributed by atoms with Crippen LogP contribution in [0.2, 0.25) is 0 Å². The van der Waals surface area contributed by atoms with Crippen LogP contribution in [0.5, 0.6) is 5.75 Å². The maximum Gasteiger partial charge on any atom is 0.322 e. The number of rotatable bonds is 8. The summed E-state index contributed by atoms with van der Waals surface area (Å²) in [5, 5.41) is 32.0. The average Bonchev–Trinajstić information content (AvgIpc) is 2.90. The van der Waals surface area contributed by atoms with Gasteiger partial charge < -0.3 is 20.4 Å². The van der Waals surface area contributed by atoms with Crippen LogP contribution in [0.15, 0.2) is 42.6 Å². The lowest BCUT2D eigenvalue weighted by atomic mass is 9.92. The minimum atomic E-state index is -1.19. The Kier molecular flexibility index (Phi) is 7.56. The van der Waals surface area contributed by atoms with Crippen LogP contribution in [-0.4, -0.2) is 61.6 Å². The normalized spacial score (nSPS) is 13.8. The summed E-state index contributed by atoms with van der Waals surface area (Å²) in [4.78, 5) is 48.3. The van der Waals surface area contributed by atoms with E-state index in [1.54, 1.807) is 13.0 Å². The van der Waals surface area contributed by atoms with Gasteiger partial charge in [-0.3, -0.25) is 19.7 Å². The highest BCUT2D eigenvalue weighted by atomic mass is 16.6. The highest BCUT2D eigenvalue weighted by Crippen LogP contribution is 2.28. The largest absolute Gasteiger partial charge is 0.504 e. The van der Waals surface area contributed by atoms with Crippen molar-refractivity contribution in [1.82, 2.24) is 20.3 Å². The quantitative estimate of drug-likeness (QED) is 0.305. The van der Waals surface area contributed by atoms with E-state index < -0.39 is 23.3 Å². The van der Waals surface area contributed by atoms with E-state index in [4.69, 9.17) is 5.11 Å². The van der Waals surface area contributed by atoms with E-state index in [9.17, 15) is 24.8 Å². The average molecular weight is 507 g/mol. The van der Waals surface area contributed by atoms with Crippen molar-refractivity contribution in [3.05, 3.63) is 69.9 Å². The van der Waals surface area contributed by atoms with Gasteiger partial charge in [-0.15, -0.1) is 0 Å². The number of benzene rings is 1. The van der Waals surface area contributed by atoms with Gasteiger partial charge in [-0.1, -0.05) is 12.1 Å². The molecule has 1 amide bonds. The number of carboxylic acid groups (broad SMARTS) is 1. The zero-order valence-corrected chi connectivity index (χ0v) is 20.1. The molecule has 0 radical (unpaired) electrons. The summed E-state index contributed by atoms with van der Waals surface area (Å²) in [5.41, 5.74) is 2.61. The van der Waals surface area contributed by atoms with Crippen LogP contribution in [0, 0.1) is 23.0 Å². The molecule has 1 aliphatic rings. The van der Waals surface area contributed by atoms with Crippen LogP contribution in [0.3, 0.4) is 0 Å².